The molecule has 8 heteroatoms. The minimum atomic E-state index is -4.02. The van der Waals surface area contributed by atoms with Crippen LogP contribution in [0.4, 0.5) is 18.9 Å². The van der Waals surface area contributed by atoms with Gasteiger partial charge in [-0.25, -0.2) is 13.2 Å². The van der Waals surface area contributed by atoms with Crippen LogP contribution in [0.1, 0.15) is 17.3 Å². The van der Waals surface area contributed by atoms with E-state index in [4.69, 9.17) is 10.3 Å². The topological polar surface area (TPSA) is 80.4 Å². The summed E-state index contributed by atoms with van der Waals surface area (Å²) in [6.45, 7) is 1.84. The van der Waals surface area contributed by atoms with Crippen LogP contribution in [0.5, 0.6) is 0 Å². The van der Waals surface area contributed by atoms with Crippen molar-refractivity contribution in [1.82, 2.24) is 0 Å². The van der Waals surface area contributed by atoms with Crippen LogP contribution < -0.4 is 5.73 Å². The average Bonchev–Trinajstić information content (AvgIpc) is 2.47. The van der Waals surface area contributed by atoms with E-state index in [-0.39, 0.29) is 10.5 Å². The van der Waals surface area contributed by atoms with Crippen molar-refractivity contribution in [3.63, 3.8) is 0 Å². The molecule has 0 saturated carbocycles. The first-order valence-corrected chi connectivity index (χ1v) is 7.87. The van der Waals surface area contributed by atoms with E-state index in [1.807, 2.05) is 6.92 Å². The fourth-order valence-electron chi connectivity index (χ4n) is 1.54. The summed E-state index contributed by atoms with van der Waals surface area (Å²) < 4.78 is 65.8. The molecule has 0 aromatic heterocycles. The highest BCUT2D eigenvalue weighted by Gasteiger charge is 2.20. The van der Waals surface area contributed by atoms with Gasteiger partial charge in [0.1, 0.15) is 0 Å². The quantitative estimate of drug-likeness (QED) is 0.654. The molecule has 4 nitrogen and oxygen atoms in total. The molecular weight excluding hydrogens is 331 g/mol. The van der Waals surface area contributed by atoms with Crippen molar-refractivity contribution in [2.75, 3.05) is 5.73 Å². The second kappa shape index (κ2) is 7.98. The average molecular weight is 347 g/mol. The van der Waals surface area contributed by atoms with Gasteiger partial charge in [-0.15, -0.1) is 0 Å². The molecule has 126 valence electrons. The van der Waals surface area contributed by atoms with Crippen molar-refractivity contribution in [3.8, 4) is 0 Å². The molecule has 0 bridgehead atoms. The minimum absolute atomic E-state index is 0.0424. The Labute approximate surface area is 132 Å². The highest BCUT2D eigenvalue weighted by molar-refractivity contribution is 7.85. The number of nitrogens with two attached hydrogens (primary N) is 1. The van der Waals surface area contributed by atoms with Crippen LogP contribution in [0.2, 0.25) is 0 Å². The molecule has 1 atom stereocenters. The van der Waals surface area contributed by atoms with Gasteiger partial charge in [0.05, 0.1) is 4.90 Å². The van der Waals surface area contributed by atoms with Crippen molar-refractivity contribution in [3.05, 3.63) is 59.7 Å². The molecule has 0 aliphatic carbocycles. The van der Waals surface area contributed by atoms with Gasteiger partial charge < -0.3 is 5.73 Å². The van der Waals surface area contributed by atoms with E-state index in [1.165, 1.54) is 36.4 Å². The number of anilines is 1. The monoisotopic (exact) mass is 347 g/mol. The lowest BCUT2D eigenvalue weighted by molar-refractivity contribution is 0.0496. The third-order valence-electron chi connectivity index (χ3n) is 2.79. The molecule has 2 rings (SSSR count). The van der Waals surface area contributed by atoms with Crippen LogP contribution in [-0.4, -0.2) is 19.4 Å². The highest BCUT2D eigenvalue weighted by Crippen LogP contribution is 2.24. The van der Waals surface area contributed by atoms with Gasteiger partial charge in [0.2, 0.25) is 0 Å². The molecule has 2 aromatic rings. The number of halogens is 3. The van der Waals surface area contributed by atoms with Crippen LogP contribution in [-0.2, 0) is 10.1 Å². The molecular formula is C15H16F3NO3S. The Morgan fingerprint density at radius 2 is 1.43 bits per heavy atom. The second-order valence-electron chi connectivity index (χ2n) is 4.69. The maximum absolute atomic E-state index is 12.6. The van der Waals surface area contributed by atoms with Gasteiger partial charge in [0.15, 0.2) is 6.17 Å². The lowest BCUT2D eigenvalue weighted by Crippen LogP contribution is -2.02. The molecule has 0 fully saturated rings. The third kappa shape index (κ3) is 6.29. The Balaban J connectivity index is 0.000000231. The molecule has 2 aromatic carbocycles. The summed E-state index contributed by atoms with van der Waals surface area (Å²) in [4.78, 5) is -0.0666. The van der Waals surface area contributed by atoms with Crippen LogP contribution in [0.25, 0.3) is 0 Å². The van der Waals surface area contributed by atoms with Crippen molar-refractivity contribution in [2.45, 2.75) is 24.4 Å². The van der Waals surface area contributed by atoms with E-state index in [1.54, 1.807) is 12.1 Å². The number of rotatable bonds is 3. The van der Waals surface area contributed by atoms with E-state index < -0.39 is 22.7 Å². The summed E-state index contributed by atoms with van der Waals surface area (Å²) in [6.07, 6.45) is -5.20. The minimum Gasteiger partial charge on any atom is -0.399 e. The number of hydrogen-bond donors (Lipinski definition) is 2. The molecule has 0 amide bonds. The summed E-state index contributed by atoms with van der Waals surface area (Å²) in [5, 5.41) is 0. The normalized spacial score (nSPS) is 12.4. The van der Waals surface area contributed by atoms with Crippen molar-refractivity contribution in [1.29, 1.82) is 0 Å². The van der Waals surface area contributed by atoms with E-state index >= 15 is 0 Å². The Kier molecular flexibility index (Phi) is 6.59. The van der Waals surface area contributed by atoms with Crippen molar-refractivity contribution >= 4 is 15.8 Å². The number of nitrogen functional groups attached to an aromatic ring is 1. The number of aryl methyl sites for hydroxylation is 1. The first-order valence-electron chi connectivity index (χ1n) is 6.43. The standard InChI is InChI=1S/C8H8F3N.C7H8O3S/c9-7(8(10)11)5-1-3-6(12)4-2-5;1-6-2-4-7(5-3-6)11(8,9)10/h1-4,7-8H,12H2;2-5H,1H3,(H,8,9,10). The zero-order valence-electron chi connectivity index (χ0n) is 12.2. The summed E-state index contributed by atoms with van der Waals surface area (Å²) in [5.74, 6) is 0. The van der Waals surface area contributed by atoms with E-state index in [2.05, 4.69) is 0 Å². The van der Waals surface area contributed by atoms with E-state index in [0.717, 1.165) is 5.56 Å². The summed E-state index contributed by atoms with van der Waals surface area (Å²) in [7, 11) is -4.02. The Hall–Kier alpha value is -2.06. The lowest BCUT2D eigenvalue weighted by Gasteiger charge is -2.06. The molecule has 0 radical (unpaired) electrons. The van der Waals surface area contributed by atoms with Gasteiger partial charge in [-0.2, -0.15) is 8.42 Å². The SMILES string of the molecule is Cc1ccc(S(=O)(=O)O)cc1.Nc1ccc(C(F)C(F)F)cc1. The van der Waals surface area contributed by atoms with Crippen LogP contribution in [0, 0.1) is 6.92 Å². The van der Waals surface area contributed by atoms with Gasteiger partial charge >= 0.3 is 0 Å². The predicted octanol–water partition coefficient (Wildman–Crippen LogP) is 3.79. The maximum Gasteiger partial charge on any atom is 0.294 e. The molecule has 3 N–H and O–H groups in total. The fourth-order valence-corrected chi connectivity index (χ4v) is 2.02. The first-order chi connectivity index (χ1) is 10.6. The van der Waals surface area contributed by atoms with Gasteiger partial charge in [-0.1, -0.05) is 29.8 Å². The zero-order valence-corrected chi connectivity index (χ0v) is 13.0. The number of benzene rings is 2. The van der Waals surface area contributed by atoms with Crippen LogP contribution in [0.3, 0.4) is 0 Å². The van der Waals surface area contributed by atoms with Crippen molar-refractivity contribution < 1.29 is 26.1 Å². The Morgan fingerprint density at radius 1 is 0.957 bits per heavy atom. The van der Waals surface area contributed by atoms with E-state index in [0.29, 0.717) is 5.69 Å². The summed E-state index contributed by atoms with van der Waals surface area (Å²) in [5.41, 5.74) is 6.64. The van der Waals surface area contributed by atoms with Gasteiger partial charge in [0.25, 0.3) is 16.5 Å². The van der Waals surface area contributed by atoms with Gasteiger partial charge in [-0.05, 0) is 36.8 Å². The largest absolute Gasteiger partial charge is 0.399 e. The summed E-state index contributed by atoms with van der Waals surface area (Å²) in [6, 6.07) is 11.3. The highest BCUT2D eigenvalue weighted by atomic mass is 32.2. The molecule has 0 spiro atoms. The number of alkyl halides is 3. The number of hydrogen-bond acceptors (Lipinski definition) is 3. The lowest BCUT2D eigenvalue weighted by atomic mass is 10.1. The molecule has 0 heterocycles. The predicted molar refractivity (Wildman–Crippen MR) is 81.7 cm³/mol. The fraction of sp³-hybridized carbons (Fsp3) is 0.200. The molecule has 1 unspecified atom stereocenters. The van der Waals surface area contributed by atoms with E-state index in [9.17, 15) is 21.6 Å². The molecule has 0 aliphatic heterocycles. The molecule has 0 aliphatic rings. The smallest absolute Gasteiger partial charge is 0.294 e. The van der Waals surface area contributed by atoms with Gasteiger partial charge in [-0.3, -0.25) is 4.55 Å². The molecule has 23 heavy (non-hydrogen) atoms. The third-order valence-corrected chi connectivity index (χ3v) is 3.66. The van der Waals surface area contributed by atoms with Crippen LogP contribution >= 0.6 is 0 Å². The maximum atomic E-state index is 12.6. The Morgan fingerprint density at radius 3 is 1.83 bits per heavy atom. The molecule has 0 saturated heterocycles. The van der Waals surface area contributed by atoms with Crippen LogP contribution in [0.15, 0.2) is 53.4 Å². The Bertz CT molecular complexity index is 717. The summed E-state index contributed by atoms with van der Waals surface area (Å²) >= 11 is 0. The zero-order chi connectivity index (χ0) is 17.6. The second-order valence-corrected chi connectivity index (χ2v) is 6.11. The van der Waals surface area contributed by atoms with Gasteiger partial charge in [0, 0.05) is 5.69 Å². The van der Waals surface area contributed by atoms with Crippen molar-refractivity contribution in [2.24, 2.45) is 0 Å². The first kappa shape index (κ1) is 19.0.